The second-order valence-corrected chi connectivity index (χ2v) is 10.8. The molecule has 0 saturated heterocycles. The van der Waals surface area contributed by atoms with Gasteiger partial charge in [0.2, 0.25) is 0 Å². The van der Waals surface area contributed by atoms with Crippen LogP contribution in [0.1, 0.15) is 37.4 Å². The first kappa shape index (κ1) is 31.8. The average Bonchev–Trinajstić information content (AvgIpc) is 2.87. The van der Waals surface area contributed by atoms with Crippen molar-refractivity contribution in [3.63, 3.8) is 0 Å². The normalized spacial score (nSPS) is 13.0. The lowest BCUT2D eigenvalue weighted by molar-refractivity contribution is -0.348. The van der Waals surface area contributed by atoms with Gasteiger partial charge in [-0.05, 0) is 54.3 Å². The van der Waals surface area contributed by atoms with Gasteiger partial charge in [-0.15, -0.1) is 0 Å². The Morgan fingerprint density at radius 1 is 0.854 bits per heavy atom. The third-order valence-electron chi connectivity index (χ3n) is 6.26. The molecule has 3 rings (SSSR count). The standard InChI is InChI=1S/C28H25F7N2O3S/c1-16-12-20(26(29,27(30,31)32)28(33,34)35)13-17(2)23(16)36-24(38)22-11-6-5-10-21(22)18-8-7-9-19(14-18)25(39)37(3)15-41(4)40/h5-14H,15H2,1-4H3,(H,36,38). The molecule has 0 aliphatic rings. The fraction of sp³-hybridized carbons (Fsp3) is 0.286. The Hall–Kier alpha value is -3.74. The van der Waals surface area contributed by atoms with Crippen LogP contribution in [0.25, 0.3) is 11.1 Å². The number of aryl methyl sites for hydroxylation is 2. The van der Waals surface area contributed by atoms with Gasteiger partial charge in [-0.1, -0.05) is 42.5 Å². The van der Waals surface area contributed by atoms with Gasteiger partial charge >= 0.3 is 18.0 Å². The Bertz CT molecular complexity index is 1470. The number of anilines is 1. The fourth-order valence-corrected chi connectivity index (χ4v) is 5.00. The molecule has 0 heterocycles. The number of nitrogens with zero attached hydrogens (tertiary/aromatic N) is 1. The minimum Gasteiger partial charge on any atom is -0.330 e. The predicted octanol–water partition coefficient (Wildman–Crippen LogP) is 6.92. The highest BCUT2D eigenvalue weighted by atomic mass is 32.2. The Morgan fingerprint density at radius 3 is 1.95 bits per heavy atom. The maximum atomic E-state index is 14.6. The molecule has 0 bridgehead atoms. The summed E-state index contributed by atoms with van der Waals surface area (Å²) >= 11 is 0. The van der Waals surface area contributed by atoms with E-state index in [2.05, 4.69) is 5.32 Å². The van der Waals surface area contributed by atoms with Gasteiger partial charge in [0, 0.05) is 46.5 Å². The molecule has 13 heteroatoms. The number of hydrogen-bond acceptors (Lipinski definition) is 3. The van der Waals surface area contributed by atoms with Crippen LogP contribution in [0.3, 0.4) is 0 Å². The second-order valence-electron chi connectivity index (χ2n) is 9.42. The van der Waals surface area contributed by atoms with Crippen molar-refractivity contribution in [2.24, 2.45) is 0 Å². The molecule has 0 aliphatic heterocycles. The third kappa shape index (κ3) is 6.45. The summed E-state index contributed by atoms with van der Waals surface area (Å²) in [4.78, 5) is 27.4. The van der Waals surface area contributed by atoms with Crippen LogP contribution >= 0.6 is 0 Å². The maximum absolute atomic E-state index is 14.6. The van der Waals surface area contributed by atoms with Crippen molar-refractivity contribution in [3.8, 4) is 11.1 Å². The highest BCUT2D eigenvalue weighted by molar-refractivity contribution is 7.84. The van der Waals surface area contributed by atoms with Gasteiger partial charge in [-0.3, -0.25) is 13.8 Å². The fourth-order valence-electron chi connectivity index (χ4n) is 4.33. The van der Waals surface area contributed by atoms with Crippen LogP contribution in [0.2, 0.25) is 0 Å². The Balaban J connectivity index is 1.99. The highest BCUT2D eigenvalue weighted by Crippen LogP contribution is 2.53. The third-order valence-corrected chi connectivity index (χ3v) is 7.02. The lowest BCUT2D eigenvalue weighted by Gasteiger charge is -2.31. The van der Waals surface area contributed by atoms with Crippen molar-refractivity contribution in [2.75, 3.05) is 24.5 Å². The molecule has 220 valence electrons. The summed E-state index contributed by atoms with van der Waals surface area (Å²) in [6.07, 6.45) is -11.1. The monoisotopic (exact) mass is 602 g/mol. The summed E-state index contributed by atoms with van der Waals surface area (Å²) in [5.74, 6) is -1.14. The zero-order chi connectivity index (χ0) is 30.9. The van der Waals surface area contributed by atoms with Crippen LogP contribution in [0.5, 0.6) is 0 Å². The predicted molar refractivity (Wildman–Crippen MR) is 142 cm³/mol. The van der Waals surface area contributed by atoms with E-state index in [1.165, 1.54) is 30.3 Å². The number of amides is 2. The van der Waals surface area contributed by atoms with E-state index in [0.717, 1.165) is 13.8 Å². The van der Waals surface area contributed by atoms with Crippen molar-refractivity contribution >= 4 is 28.3 Å². The molecule has 0 spiro atoms. The number of carbonyl (C=O) groups is 2. The largest absolute Gasteiger partial charge is 0.435 e. The number of halogens is 7. The second kappa shape index (κ2) is 11.6. The van der Waals surface area contributed by atoms with Gasteiger partial charge in [0.25, 0.3) is 11.8 Å². The average molecular weight is 603 g/mol. The lowest BCUT2D eigenvalue weighted by atomic mass is 9.90. The minimum absolute atomic E-state index is 0.00894. The molecule has 0 radical (unpaired) electrons. The Kier molecular flexibility index (Phi) is 9.02. The van der Waals surface area contributed by atoms with Crippen molar-refractivity contribution in [1.29, 1.82) is 0 Å². The Labute approximate surface area is 233 Å². The van der Waals surface area contributed by atoms with Gasteiger partial charge in [-0.2, -0.15) is 26.3 Å². The topological polar surface area (TPSA) is 66.5 Å². The molecule has 1 N–H and O–H groups in total. The van der Waals surface area contributed by atoms with E-state index in [1.54, 1.807) is 36.4 Å². The van der Waals surface area contributed by atoms with E-state index in [0.29, 0.717) is 23.3 Å². The molecule has 5 nitrogen and oxygen atoms in total. The van der Waals surface area contributed by atoms with Crippen LogP contribution in [0, 0.1) is 13.8 Å². The van der Waals surface area contributed by atoms with E-state index in [-0.39, 0.29) is 33.8 Å². The maximum Gasteiger partial charge on any atom is 0.435 e. The van der Waals surface area contributed by atoms with Crippen LogP contribution < -0.4 is 5.32 Å². The zero-order valence-corrected chi connectivity index (χ0v) is 23.0. The molecular weight excluding hydrogens is 577 g/mol. The van der Waals surface area contributed by atoms with E-state index in [9.17, 15) is 44.5 Å². The Morgan fingerprint density at radius 2 is 1.41 bits per heavy atom. The summed E-state index contributed by atoms with van der Waals surface area (Å²) in [5.41, 5.74) is -6.57. The van der Waals surface area contributed by atoms with Crippen LogP contribution in [-0.4, -0.2) is 52.5 Å². The summed E-state index contributed by atoms with van der Waals surface area (Å²) in [6.45, 7) is 2.31. The molecule has 2 amide bonds. The van der Waals surface area contributed by atoms with E-state index in [4.69, 9.17) is 0 Å². The number of nitrogens with one attached hydrogen (secondary N) is 1. The molecule has 0 saturated carbocycles. The van der Waals surface area contributed by atoms with Gasteiger partial charge in [-0.25, -0.2) is 4.39 Å². The summed E-state index contributed by atoms with van der Waals surface area (Å²) in [7, 11) is 0.230. The first-order valence-electron chi connectivity index (χ1n) is 11.9. The highest BCUT2D eigenvalue weighted by Gasteiger charge is 2.73. The number of carbonyl (C=O) groups excluding carboxylic acids is 2. The van der Waals surface area contributed by atoms with E-state index in [1.807, 2.05) is 0 Å². The lowest BCUT2D eigenvalue weighted by Crippen LogP contribution is -2.50. The van der Waals surface area contributed by atoms with Gasteiger partial charge in [0.05, 0.1) is 5.88 Å². The van der Waals surface area contributed by atoms with Gasteiger partial charge in [0.1, 0.15) is 0 Å². The molecule has 1 atom stereocenters. The van der Waals surface area contributed by atoms with Crippen molar-refractivity contribution < 1.29 is 44.5 Å². The van der Waals surface area contributed by atoms with Gasteiger partial charge in [0.15, 0.2) is 0 Å². The van der Waals surface area contributed by atoms with Crippen molar-refractivity contribution in [3.05, 3.63) is 88.5 Å². The molecule has 3 aromatic rings. The van der Waals surface area contributed by atoms with Gasteiger partial charge < -0.3 is 10.2 Å². The van der Waals surface area contributed by atoms with E-state index >= 15 is 0 Å². The molecule has 0 aromatic heterocycles. The van der Waals surface area contributed by atoms with Crippen molar-refractivity contribution in [1.82, 2.24) is 4.90 Å². The SMILES string of the molecule is Cc1cc(C(F)(C(F)(F)F)C(F)(F)F)cc(C)c1NC(=O)c1ccccc1-c1cccc(C(=O)N(C)CS(C)=O)c1. The smallest absolute Gasteiger partial charge is 0.330 e. The molecular formula is C28H25F7N2O3S. The minimum atomic E-state index is -6.27. The van der Waals surface area contributed by atoms with Crippen molar-refractivity contribution in [2.45, 2.75) is 31.9 Å². The number of hydrogen-bond donors (Lipinski definition) is 1. The molecule has 1 unspecified atom stereocenters. The van der Waals surface area contributed by atoms with E-state index < -0.39 is 46.2 Å². The molecule has 0 fully saturated rings. The molecule has 41 heavy (non-hydrogen) atoms. The summed E-state index contributed by atoms with van der Waals surface area (Å²) in [5, 5.41) is 2.51. The summed E-state index contributed by atoms with van der Waals surface area (Å²) in [6, 6.07) is 13.3. The molecule has 3 aromatic carbocycles. The first-order chi connectivity index (χ1) is 18.9. The van der Waals surface area contributed by atoms with Crippen LogP contribution in [0.4, 0.5) is 36.4 Å². The molecule has 0 aliphatic carbocycles. The first-order valence-corrected chi connectivity index (χ1v) is 13.6. The number of benzene rings is 3. The van der Waals surface area contributed by atoms with Crippen LogP contribution in [0.15, 0.2) is 60.7 Å². The van der Waals surface area contributed by atoms with Crippen LogP contribution in [-0.2, 0) is 16.5 Å². The quantitative estimate of drug-likeness (QED) is 0.299. The zero-order valence-electron chi connectivity index (χ0n) is 22.2. The number of rotatable bonds is 7. The number of alkyl halides is 7. The summed E-state index contributed by atoms with van der Waals surface area (Å²) < 4.78 is 106.